The Bertz CT molecular complexity index is 462. The fourth-order valence-electron chi connectivity index (χ4n) is 1.54. The maximum atomic E-state index is 11.3. The summed E-state index contributed by atoms with van der Waals surface area (Å²) >= 11 is 0. The van der Waals surface area contributed by atoms with Crippen molar-refractivity contribution < 1.29 is 24.5 Å². The largest absolute Gasteiger partial charge is 0.507 e. The number of benzene rings is 1. The molecule has 0 bridgehead atoms. The molecule has 0 aliphatic carbocycles. The average molecular weight is 224 g/mol. The first-order valence-electron chi connectivity index (χ1n) is 4.54. The highest BCUT2D eigenvalue weighted by atomic mass is 16.5. The van der Waals surface area contributed by atoms with Crippen molar-refractivity contribution in [2.24, 2.45) is 0 Å². The molecule has 2 N–H and O–H groups in total. The molecular weight excluding hydrogens is 212 g/mol. The van der Waals surface area contributed by atoms with E-state index in [2.05, 4.69) is 0 Å². The van der Waals surface area contributed by atoms with Crippen LogP contribution in [0.1, 0.15) is 33.2 Å². The zero-order valence-corrected chi connectivity index (χ0v) is 9.20. The van der Waals surface area contributed by atoms with Crippen LogP contribution >= 0.6 is 0 Å². The molecule has 16 heavy (non-hydrogen) atoms. The predicted molar refractivity (Wildman–Crippen MR) is 56.5 cm³/mol. The Morgan fingerprint density at radius 3 is 2.25 bits per heavy atom. The number of phenolic OH excluding ortho intramolecular Hbond substituents is 2. The lowest BCUT2D eigenvalue weighted by molar-refractivity contribution is 0.101. The number of carbonyl (C=O) groups is 2. The van der Waals surface area contributed by atoms with Crippen molar-refractivity contribution in [3.63, 3.8) is 0 Å². The summed E-state index contributed by atoms with van der Waals surface area (Å²) in [6, 6.07) is 0. The molecule has 0 aliphatic heterocycles. The van der Waals surface area contributed by atoms with Gasteiger partial charge in [0.2, 0.25) is 0 Å². The Labute approximate surface area is 92.3 Å². The summed E-state index contributed by atoms with van der Waals surface area (Å²) in [7, 11) is 1.31. The molecule has 0 amide bonds. The van der Waals surface area contributed by atoms with E-state index < -0.39 is 11.5 Å². The molecular formula is C11H12O5. The van der Waals surface area contributed by atoms with Crippen LogP contribution in [0.15, 0.2) is 0 Å². The Kier molecular flexibility index (Phi) is 3.17. The van der Waals surface area contributed by atoms with Gasteiger partial charge in [-0.05, 0) is 13.8 Å². The summed E-state index contributed by atoms with van der Waals surface area (Å²) in [5, 5.41) is 19.3. The minimum absolute atomic E-state index is 0.0769. The summed E-state index contributed by atoms with van der Waals surface area (Å²) in [5.74, 6) is -1.30. The smallest absolute Gasteiger partial charge is 0.167 e. The number of methoxy groups -OCH3 is 1. The highest BCUT2D eigenvalue weighted by Crippen LogP contribution is 2.41. The molecule has 1 rings (SSSR count). The molecule has 1 aromatic rings. The number of ketones is 1. The average Bonchev–Trinajstić information content (AvgIpc) is 2.23. The molecule has 86 valence electrons. The topological polar surface area (TPSA) is 83.8 Å². The van der Waals surface area contributed by atoms with E-state index in [1.54, 1.807) is 0 Å². The van der Waals surface area contributed by atoms with Gasteiger partial charge in [-0.25, -0.2) is 0 Å². The molecule has 0 saturated heterocycles. The maximum Gasteiger partial charge on any atom is 0.167 e. The van der Waals surface area contributed by atoms with Gasteiger partial charge in [0.05, 0.1) is 12.7 Å². The monoisotopic (exact) mass is 224 g/mol. The number of ether oxygens (including phenoxy) is 1. The van der Waals surface area contributed by atoms with Crippen LogP contribution in [0.4, 0.5) is 0 Å². The Morgan fingerprint density at radius 2 is 1.88 bits per heavy atom. The van der Waals surface area contributed by atoms with Gasteiger partial charge in [-0.3, -0.25) is 9.59 Å². The van der Waals surface area contributed by atoms with Crippen LogP contribution in [0.25, 0.3) is 0 Å². The fraction of sp³-hybridized carbons (Fsp3) is 0.273. The van der Waals surface area contributed by atoms with Gasteiger partial charge >= 0.3 is 0 Å². The zero-order valence-electron chi connectivity index (χ0n) is 9.20. The number of hydrogen-bond donors (Lipinski definition) is 2. The van der Waals surface area contributed by atoms with Crippen LogP contribution in [0, 0.1) is 6.92 Å². The number of Topliss-reactive ketones (excluding diaryl/α,β-unsaturated/α-hetero) is 1. The molecule has 1 aromatic carbocycles. The van der Waals surface area contributed by atoms with Gasteiger partial charge in [0.15, 0.2) is 12.1 Å². The minimum Gasteiger partial charge on any atom is -0.507 e. The fourth-order valence-corrected chi connectivity index (χ4v) is 1.54. The lowest BCUT2D eigenvalue weighted by Gasteiger charge is -2.14. The number of phenols is 2. The van der Waals surface area contributed by atoms with Crippen LogP contribution in [-0.2, 0) is 0 Å². The Hall–Kier alpha value is -2.04. The number of aldehydes is 1. The number of hydrogen-bond acceptors (Lipinski definition) is 5. The van der Waals surface area contributed by atoms with Crippen molar-refractivity contribution in [2.75, 3.05) is 7.11 Å². The van der Waals surface area contributed by atoms with Crippen molar-refractivity contribution in [1.82, 2.24) is 0 Å². The molecule has 0 saturated carbocycles. The second-order valence-corrected chi connectivity index (χ2v) is 3.32. The maximum absolute atomic E-state index is 11.3. The van der Waals surface area contributed by atoms with Crippen LogP contribution in [-0.4, -0.2) is 29.4 Å². The quantitative estimate of drug-likeness (QED) is 0.599. The third-order valence-corrected chi connectivity index (χ3v) is 2.34. The third kappa shape index (κ3) is 1.60. The van der Waals surface area contributed by atoms with Gasteiger partial charge in [0.1, 0.15) is 22.8 Å². The standard InChI is InChI=1S/C11H12O5/c1-5-9(14)7(4-12)10(15)8(6(2)13)11(5)16-3/h4,14-15H,1-3H3. The van der Waals surface area contributed by atoms with Crippen molar-refractivity contribution in [3.05, 3.63) is 16.7 Å². The molecule has 0 aromatic heterocycles. The normalized spacial score (nSPS) is 9.94. The van der Waals surface area contributed by atoms with Crippen LogP contribution < -0.4 is 4.74 Å². The predicted octanol–water partition coefficient (Wildman–Crippen LogP) is 1.43. The summed E-state index contributed by atoms with van der Waals surface area (Å²) in [6.45, 7) is 2.73. The van der Waals surface area contributed by atoms with E-state index in [0.717, 1.165) is 0 Å². The lowest BCUT2D eigenvalue weighted by atomic mass is 9.99. The van der Waals surface area contributed by atoms with Crippen molar-refractivity contribution in [3.8, 4) is 17.2 Å². The lowest BCUT2D eigenvalue weighted by Crippen LogP contribution is -2.03. The molecule has 5 nitrogen and oxygen atoms in total. The van der Waals surface area contributed by atoms with E-state index in [1.165, 1.54) is 21.0 Å². The second kappa shape index (κ2) is 4.22. The Balaban J connectivity index is 3.77. The van der Waals surface area contributed by atoms with E-state index in [9.17, 15) is 19.8 Å². The second-order valence-electron chi connectivity index (χ2n) is 3.32. The SMILES string of the molecule is COc1c(C)c(O)c(C=O)c(O)c1C(C)=O. The van der Waals surface area contributed by atoms with Crippen LogP contribution in [0.2, 0.25) is 0 Å². The van der Waals surface area contributed by atoms with Gasteiger partial charge in [0.25, 0.3) is 0 Å². The third-order valence-electron chi connectivity index (χ3n) is 2.34. The zero-order chi connectivity index (χ0) is 12.5. The number of aromatic hydroxyl groups is 2. The van der Waals surface area contributed by atoms with Crippen LogP contribution in [0.5, 0.6) is 17.2 Å². The molecule has 0 atom stereocenters. The van der Waals surface area contributed by atoms with Gasteiger partial charge < -0.3 is 14.9 Å². The first-order valence-corrected chi connectivity index (χ1v) is 4.54. The van der Waals surface area contributed by atoms with E-state index in [-0.39, 0.29) is 28.2 Å². The summed E-state index contributed by atoms with van der Waals surface area (Å²) in [4.78, 5) is 22.0. The molecule has 0 heterocycles. The molecule has 0 aliphatic rings. The van der Waals surface area contributed by atoms with E-state index in [1.807, 2.05) is 0 Å². The minimum atomic E-state index is -0.553. The van der Waals surface area contributed by atoms with Crippen LogP contribution in [0.3, 0.4) is 0 Å². The summed E-state index contributed by atoms with van der Waals surface area (Å²) in [6.07, 6.45) is 0.295. The van der Waals surface area contributed by atoms with E-state index >= 15 is 0 Å². The molecule has 0 fully saturated rings. The van der Waals surface area contributed by atoms with Gasteiger partial charge in [-0.1, -0.05) is 0 Å². The van der Waals surface area contributed by atoms with Gasteiger partial charge in [-0.15, -0.1) is 0 Å². The molecule has 5 heteroatoms. The first-order chi connectivity index (χ1) is 7.45. The van der Waals surface area contributed by atoms with Crippen molar-refractivity contribution in [2.45, 2.75) is 13.8 Å². The van der Waals surface area contributed by atoms with E-state index in [0.29, 0.717) is 6.29 Å². The highest BCUT2D eigenvalue weighted by Gasteiger charge is 2.24. The number of carbonyl (C=O) groups excluding carboxylic acids is 2. The van der Waals surface area contributed by atoms with Gasteiger partial charge in [-0.2, -0.15) is 0 Å². The van der Waals surface area contributed by atoms with Crippen molar-refractivity contribution >= 4 is 12.1 Å². The summed E-state index contributed by atoms with van der Waals surface area (Å²) < 4.78 is 4.94. The summed E-state index contributed by atoms with van der Waals surface area (Å²) in [5.41, 5.74) is -0.156. The molecule has 0 radical (unpaired) electrons. The molecule has 0 unspecified atom stereocenters. The Morgan fingerprint density at radius 1 is 1.31 bits per heavy atom. The molecule has 0 spiro atoms. The van der Waals surface area contributed by atoms with Crippen molar-refractivity contribution in [1.29, 1.82) is 0 Å². The number of rotatable bonds is 3. The van der Waals surface area contributed by atoms with E-state index in [4.69, 9.17) is 4.74 Å². The first kappa shape index (κ1) is 12.0. The highest BCUT2D eigenvalue weighted by molar-refractivity contribution is 6.04. The van der Waals surface area contributed by atoms with Gasteiger partial charge in [0, 0.05) is 5.56 Å².